The number of carbonyl (C=O) groups is 1. The van der Waals surface area contributed by atoms with Crippen LogP contribution in [0.15, 0.2) is 34.8 Å². The van der Waals surface area contributed by atoms with Crippen LogP contribution in [0.25, 0.3) is 6.08 Å². The molecule has 3 nitrogen and oxygen atoms in total. The number of hydrogen-bond donors (Lipinski definition) is 0. The third kappa shape index (κ3) is 2.87. The number of ketones is 1. The van der Waals surface area contributed by atoms with Crippen LogP contribution in [0.2, 0.25) is 5.02 Å². The van der Waals surface area contributed by atoms with Crippen LogP contribution in [0.5, 0.6) is 0 Å². The van der Waals surface area contributed by atoms with Crippen LogP contribution in [0.3, 0.4) is 0 Å². The molecule has 2 aromatic rings. The first-order valence-corrected chi connectivity index (χ1v) is 5.86. The van der Waals surface area contributed by atoms with Gasteiger partial charge in [0.25, 0.3) is 0 Å². The number of aryl methyl sites for hydroxylation is 2. The molecule has 0 amide bonds. The maximum absolute atomic E-state index is 11.9. The van der Waals surface area contributed by atoms with Crippen LogP contribution in [-0.4, -0.2) is 10.8 Å². The minimum absolute atomic E-state index is 0.192. The van der Waals surface area contributed by atoms with Gasteiger partial charge in [0.05, 0.1) is 5.69 Å². The summed E-state index contributed by atoms with van der Waals surface area (Å²) in [6.45, 7) is 3.46. The van der Waals surface area contributed by atoms with E-state index in [1.807, 2.05) is 12.1 Å². The molecule has 18 heavy (non-hydrogen) atoms. The molecule has 0 N–H and O–H groups in total. The zero-order chi connectivity index (χ0) is 13.1. The summed E-state index contributed by atoms with van der Waals surface area (Å²) in [4.78, 5) is 15.9. The predicted molar refractivity (Wildman–Crippen MR) is 70.8 cm³/mol. The fourth-order valence-electron chi connectivity index (χ4n) is 1.58. The quantitative estimate of drug-likeness (QED) is 0.623. The molecule has 0 fully saturated rings. The predicted octanol–water partition coefficient (Wildman–Crippen LogP) is 3.84. The van der Waals surface area contributed by atoms with E-state index in [-0.39, 0.29) is 11.5 Å². The third-order valence-electron chi connectivity index (χ3n) is 2.42. The maximum Gasteiger partial charge on any atom is 0.223 e. The molecule has 4 heteroatoms. The van der Waals surface area contributed by atoms with Crippen molar-refractivity contribution in [2.75, 3.05) is 0 Å². The van der Waals surface area contributed by atoms with Gasteiger partial charge in [-0.05, 0) is 30.7 Å². The summed E-state index contributed by atoms with van der Waals surface area (Å²) < 4.78 is 5.25. The topological polar surface area (TPSA) is 43.1 Å². The van der Waals surface area contributed by atoms with Crippen molar-refractivity contribution < 1.29 is 9.21 Å². The Hall–Kier alpha value is -1.87. The van der Waals surface area contributed by atoms with E-state index in [0.29, 0.717) is 16.6 Å². The molecule has 2 rings (SSSR count). The summed E-state index contributed by atoms with van der Waals surface area (Å²) in [5, 5.41) is 0.667. The van der Waals surface area contributed by atoms with Gasteiger partial charge in [-0.2, -0.15) is 0 Å². The first kappa shape index (κ1) is 12.6. The molecule has 0 saturated carbocycles. The van der Waals surface area contributed by atoms with Crippen LogP contribution >= 0.6 is 11.6 Å². The number of carbonyl (C=O) groups excluding carboxylic acids is 1. The lowest BCUT2D eigenvalue weighted by Gasteiger charge is -1.93. The molecule has 0 aliphatic carbocycles. The average molecular weight is 262 g/mol. The molecular formula is C14H12ClNO2. The largest absolute Gasteiger partial charge is 0.437 e. The van der Waals surface area contributed by atoms with Crippen LogP contribution < -0.4 is 0 Å². The van der Waals surface area contributed by atoms with E-state index in [2.05, 4.69) is 4.98 Å². The third-order valence-corrected chi connectivity index (χ3v) is 2.68. The summed E-state index contributed by atoms with van der Waals surface area (Å²) in [5.74, 6) is 0.594. The van der Waals surface area contributed by atoms with Gasteiger partial charge in [-0.15, -0.1) is 0 Å². The molecule has 0 bridgehead atoms. The molecule has 1 heterocycles. The number of oxazole rings is 1. The Labute approximate surface area is 110 Å². The Balaban J connectivity index is 2.16. The summed E-state index contributed by atoms with van der Waals surface area (Å²) in [6, 6.07) is 7.22. The molecule has 0 unspecified atom stereocenters. The molecule has 0 spiro atoms. The van der Waals surface area contributed by atoms with Gasteiger partial charge in [0.1, 0.15) is 0 Å². The van der Waals surface area contributed by atoms with Gasteiger partial charge in [0.2, 0.25) is 5.78 Å². The fourth-order valence-corrected chi connectivity index (χ4v) is 1.71. The van der Waals surface area contributed by atoms with E-state index in [1.165, 1.54) is 6.08 Å². The van der Waals surface area contributed by atoms with Crippen LogP contribution in [0.1, 0.15) is 27.7 Å². The summed E-state index contributed by atoms with van der Waals surface area (Å²) in [7, 11) is 0. The molecule has 1 aromatic heterocycles. The van der Waals surface area contributed by atoms with Crippen molar-refractivity contribution in [1.29, 1.82) is 0 Å². The Morgan fingerprint density at radius 1 is 1.28 bits per heavy atom. The van der Waals surface area contributed by atoms with Crippen molar-refractivity contribution in [3.8, 4) is 0 Å². The fraction of sp³-hybridized carbons (Fsp3) is 0.143. The molecule has 0 atom stereocenters. The van der Waals surface area contributed by atoms with Gasteiger partial charge in [0, 0.05) is 11.9 Å². The van der Waals surface area contributed by atoms with Gasteiger partial charge >= 0.3 is 0 Å². The van der Waals surface area contributed by atoms with Gasteiger partial charge in [-0.1, -0.05) is 29.8 Å². The van der Waals surface area contributed by atoms with Gasteiger partial charge < -0.3 is 4.42 Å². The Morgan fingerprint density at radius 2 is 1.94 bits per heavy atom. The lowest BCUT2D eigenvalue weighted by molar-refractivity contribution is 0.102. The number of benzene rings is 1. The highest BCUT2D eigenvalue weighted by Gasteiger charge is 2.12. The van der Waals surface area contributed by atoms with Crippen molar-refractivity contribution >= 4 is 23.5 Å². The molecule has 92 valence electrons. The number of aromatic nitrogens is 1. The minimum atomic E-state index is -0.192. The van der Waals surface area contributed by atoms with Crippen molar-refractivity contribution in [2.45, 2.75) is 13.8 Å². The Kier molecular flexibility index (Phi) is 3.63. The maximum atomic E-state index is 11.9. The van der Waals surface area contributed by atoms with Gasteiger partial charge in [-0.3, -0.25) is 4.79 Å². The number of hydrogen-bond acceptors (Lipinski definition) is 3. The van der Waals surface area contributed by atoms with E-state index in [0.717, 1.165) is 5.56 Å². The van der Waals surface area contributed by atoms with Crippen LogP contribution in [0, 0.1) is 13.8 Å². The van der Waals surface area contributed by atoms with E-state index in [9.17, 15) is 4.79 Å². The monoisotopic (exact) mass is 261 g/mol. The van der Waals surface area contributed by atoms with Gasteiger partial charge in [0.15, 0.2) is 11.7 Å². The lowest BCUT2D eigenvalue weighted by atomic mass is 10.1. The van der Waals surface area contributed by atoms with E-state index in [4.69, 9.17) is 16.0 Å². The second kappa shape index (κ2) is 5.19. The molecule has 0 radical (unpaired) electrons. The molecule has 0 aliphatic heterocycles. The zero-order valence-electron chi connectivity index (χ0n) is 10.1. The number of allylic oxidation sites excluding steroid dienone is 1. The van der Waals surface area contributed by atoms with Crippen molar-refractivity contribution in [1.82, 2.24) is 4.98 Å². The first-order valence-electron chi connectivity index (χ1n) is 5.48. The summed E-state index contributed by atoms with van der Waals surface area (Å²) in [5.41, 5.74) is 1.51. The summed E-state index contributed by atoms with van der Waals surface area (Å²) >= 11 is 5.78. The SMILES string of the molecule is Cc1nc(C)c(C(=O)/C=C/c2ccc(Cl)cc2)o1. The highest BCUT2D eigenvalue weighted by Crippen LogP contribution is 2.13. The van der Waals surface area contributed by atoms with E-state index < -0.39 is 0 Å². The molecule has 1 aromatic carbocycles. The summed E-state index contributed by atoms with van der Waals surface area (Å²) in [6.07, 6.45) is 3.19. The number of nitrogens with zero attached hydrogens (tertiary/aromatic N) is 1. The second-order valence-electron chi connectivity index (χ2n) is 3.90. The zero-order valence-corrected chi connectivity index (χ0v) is 10.9. The Morgan fingerprint density at radius 3 is 2.50 bits per heavy atom. The highest BCUT2D eigenvalue weighted by atomic mass is 35.5. The number of halogens is 1. The minimum Gasteiger partial charge on any atom is -0.437 e. The number of rotatable bonds is 3. The Bertz CT molecular complexity index is 597. The van der Waals surface area contributed by atoms with Crippen molar-refractivity contribution in [3.63, 3.8) is 0 Å². The molecular weight excluding hydrogens is 250 g/mol. The van der Waals surface area contributed by atoms with Crippen LogP contribution in [0.4, 0.5) is 0 Å². The molecule has 0 aliphatic rings. The van der Waals surface area contributed by atoms with Crippen molar-refractivity contribution in [3.05, 3.63) is 58.3 Å². The lowest BCUT2D eigenvalue weighted by Crippen LogP contribution is -1.94. The standard InChI is InChI=1S/C14H12ClNO2/c1-9-14(18-10(2)16-9)13(17)8-5-11-3-6-12(15)7-4-11/h3-8H,1-2H3/b8-5+. The van der Waals surface area contributed by atoms with Gasteiger partial charge in [-0.25, -0.2) is 4.98 Å². The second-order valence-corrected chi connectivity index (χ2v) is 4.33. The average Bonchev–Trinajstić information content (AvgIpc) is 2.67. The van der Waals surface area contributed by atoms with Crippen LogP contribution in [-0.2, 0) is 0 Å². The highest BCUT2D eigenvalue weighted by molar-refractivity contribution is 6.30. The van der Waals surface area contributed by atoms with Crippen molar-refractivity contribution in [2.24, 2.45) is 0 Å². The smallest absolute Gasteiger partial charge is 0.223 e. The normalized spacial score (nSPS) is 11.1. The molecule has 0 saturated heterocycles. The van der Waals surface area contributed by atoms with E-state index >= 15 is 0 Å². The first-order chi connectivity index (χ1) is 8.56. The van der Waals surface area contributed by atoms with E-state index in [1.54, 1.807) is 32.1 Å².